The molecule has 0 N–H and O–H groups in total. The van der Waals surface area contributed by atoms with Crippen LogP contribution in [0.2, 0.25) is 0 Å². The van der Waals surface area contributed by atoms with Crippen molar-refractivity contribution in [3.63, 3.8) is 0 Å². The molecule has 21 heavy (non-hydrogen) atoms. The van der Waals surface area contributed by atoms with E-state index in [9.17, 15) is 4.79 Å². The van der Waals surface area contributed by atoms with Gasteiger partial charge in [0.2, 0.25) is 0 Å². The summed E-state index contributed by atoms with van der Waals surface area (Å²) in [7, 11) is 1.99. The van der Waals surface area contributed by atoms with Crippen molar-refractivity contribution in [2.24, 2.45) is 13.0 Å². The Labute approximate surface area is 134 Å². The van der Waals surface area contributed by atoms with Gasteiger partial charge in [0.05, 0.1) is 11.4 Å². The van der Waals surface area contributed by atoms with Crippen LogP contribution < -0.4 is 0 Å². The standard InChI is InChI=1S/C18H20BrNO/c1-11-4-8-14(9-5-11)17-12(2)16(19)18(20(17)3)15(21)10-13-6-7-13/h4-5,8-9,13H,6-7,10H2,1-3H3. The van der Waals surface area contributed by atoms with E-state index in [-0.39, 0.29) is 5.78 Å². The molecule has 1 aliphatic rings. The third-order valence-corrected chi connectivity index (χ3v) is 5.29. The summed E-state index contributed by atoms with van der Waals surface area (Å²) < 4.78 is 3.00. The minimum absolute atomic E-state index is 0.258. The monoisotopic (exact) mass is 345 g/mol. The molecule has 1 heterocycles. The van der Waals surface area contributed by atoms with Gasteiger partial charge >= 0.3 is 0 Å². The van der Waals surface area contributed by atoms with Crippen molar-refractivity contribution in [2.45, 2.75) is 33.1 Å². The molecular formula is C18H20BrNO. The van der Waals surface area contributed by atoms with Gasteiger partial charge in [-0.15, -0.1) is 0 Å². The number of Topliss-reactive ketones (excluding diaryl/α,β-unsaturated/α-hetero) is 1. The van der Waals surface area contributed by atoms with Crippen LogP contribution in [0.15, 0.2) is 28.7 Å². The number of hydrogen-bond acceptors (Lipinski definition) is 1. The second kappa shape index (κ2) is 5.45. The predicted molar refractivity (Wildman–Crippen MR) is 89.7 cm³/mol. The van der Waals surface area contributed by atoms with Gasteiger partial charge in [0.25, 0.3) is 0 Å². The predicted octanol–water partition coefficient (Wildman–Crippen LogP) is 5.05. The van der Waals surface area contributed by atoms with Crippen LogP contribution in [-0.4, -0.2) is 10.4 Å². The van der Waals surface area contributed by atoms with Crippen LogP contribution in [0, 0.1) is 19.8 Å². The van der Waals surface area contributed by atoms with Crippen LogP contribution in [0.1, 0.15) is 40.9 Å². The zero-order valence-corrected chi connectivity index (χ0v) is 14.3. The lowest BCUT2D eigenvalue weighted by molar-refractivity contribution is 0.0967. The van der Waals surface area contributed by atoms with Crippen LogP contribution >= 0.6 is 15.9 Å². The fraction of sp³-hybridized carbons (Fsp3) is 0.389. The number of rotatable bonds is 4. The summed E-state index contributed by atoms with van der Waals surface area (Å²) in [5.41, 5.74) is 5.48. The van der Waals surface area contributed by atoms with Crippen LogP contribution in [0.5, 0.6) is 0 Å². The normalized spacial score (nSPS) is 14.5. The molecule has 2 nitrogen and oxygen atoms in total. The van der Waals surface area contributed by atoms with Gasteiger partial charge in [0.15, 0.2) is 5.78 Å². The maximum atomic E-state index is 12.5. The first-order valence-electron chi connectivity index (χ1n) is 7.44. The summed E-state index contributed by atoms with van der Waals surface area (Å²) in [6.45, 7) is 4.16. The molecule has 0 radical (unpaired) electrons. The number of ketones is 1. The first-order valence-corrected chi connectivity index (χ1v) is 8.23. The zero-order valence-electron chi connectivity index (χ0n) is 12.7. The Balaban J connectivity index is 2.05. The Kier molecular flexibility index (Phi) is 3.78. The maximum absolute atomic E-state index is 12.5. The molecule has 1 aliphatic carbocycles. The Morgan fingerprint density at radius 3 is 2.43 bits per heavy atom. The topological polar surface area (TPSA) is 22.0 Å². The van der Waals surface area contributed by atoms with E-state index >= 15 is 0 Å². The molecule has 1 saturated carbocycles. The van der Waals surface area contributed by atoms with Gasteiger partial charge in [-0.2, -0.15) is 0 Å². The molecule has 0 unspecified atom stereocenters. The van der Waals surface area contributed by atoms with Crippen molar-refractivity contribution in [1.29, 1.82) is 0 Å². The van der Waals surface area contributed by atoms with Gasteiger partial charge in [-0.05, 0) is 59.7 Å². The molecule has 0 aliphatic heterocycles. The summed E-state index contributed by atoms with van der Waals surface area (Å²) in [6, 6.07) is 8.47. The second-order valence-electron chi connectivity index (χ2n) is 6.13. The summed E-state index contributed by atoms with van der Waals surface area (Å²) >= 11 is 3.63. The Morgan fingerprint density at radius 2 is 1.86 bits per heavy atom. The number of aryl methyl sites for hydroxylation is 1. The number of aromatic nitrogens is 1. The third kappa shape index (κ3) is 2.71. The minimum Gasteiger partial charge on any atom is -0.340 e. The minimum atomic E-state index is 0.258. The SMILES string of the molecule is Cc1ccc(-c2c(C)c(Br)c(C(=O)CC3CC3)n2C)cc1. The number of carbonyl (C=O) groups excluding carboxylic acids is 1. The first kappa shape index (κ1) is 14.6. The number of nitrogens with zero attached hydrogens (tertiary/aromatic N) is 1. The van der Waals surface area contributed by atoms with Gasteiger partial charge in [-0.1, -0.05) is 29.8 Å². The summed E-state index contributed by atoms with van der Waals surface area (Å²) in [4.78, 5) is 12.5. The fourth-order valence-electron chi connectivity index (χ4n) is 2.90. The third-order valence-electron chi connectivity index (χ3n) is 4.32. The van der Waals surface area contributed by atoms with Crippen molar-refractivity contribution in [1.82, 2.24) is 4.57 Å². The number of benzene rings is 1. The van der Waals surface area contributed by atoms with Crippen LogP contribution in [0.4, 0.5) is 0 Å². The van der Waals surface area contributed by atoms with Crippen molar-refractivity contribution in [3.05, 3.63) is 45.6 Å². The van der Waals surface area contributed by atoms with Gasteiger partial charge in [0, 0.05) is 17.9 Å². The second-order valence-corrected chi connectivity index (χ2v) is 6.92. The maximum Gasteiger partial charge on any atom is 0.180 e. The highest BCUT2D eigenvalue weighted by Crippen LogP contribution is 2.38. The van der Waals surface area contributed by atoms with E-state index in [4.69, 9.17) is 0 Å². The van der Waals surface area contributed by atoms with E-state index in [2.05, 4.69) is 58.6 Å². The van der Waals surface area contributed by atoms with Gasteiger partial charge in [-0.3, -0.25) is 4.79 Å². The summed E-state index contributed by atoms with van der Waals surface area (Å²) in [6.07, 6.45) is 3.10. The summed E-state index contributed by atoms with van der Waals surface area (Å²) in [5.74, 6) is 0.871. The van der Waals surface area contributed by atoms with Crippen LogP contribution in [-0.2, 0) is 7.05 Å². The number of halogens is 1. The molecule has 2 aromatic rings. The molecule has 0 amide bonds. The number of carbonyl (C=O) groups is 1. The highest BCUT2D eigenvalue weighted by molar-refractivity contribution is 9.10. The lowest BCUT2D eigenvalue weighted by Gasteiger charge is -2.08. The van der Waals surface area contributed by atoms with Crippen molar-refractivity contribution in [3.8, 4) is 11.3 Å². The highest BCUT2D eigenvalue weighted by Gasteiger charge is 2.29. The lowest BCUT2D eigenvalue weighted by atomic mass is 10.1. The average molecular weight is 346 g/mol. The molecule has 3 heteroatoms. The molecule has 1 aromatic heterocycles. The average Bonchev–Trinajstić information content (AvgIpc) is 3.21. The van der Waals surface area contributed by atoms with Crippen LogP contribution in [0.25, 0.3) is 11.3 Å². The fourth-order valence-corrected chi connectivity index (χ4v) is 3.58. The molecular weight excluding hydrogens is 326 g/mol. The molecule has 3 rings (SSSR count). The van der Waals surface area contributed by atoms with Gasteiger partial charge in [-0.25, -0.2) is 0 Å². The van der Waals surface area contributed by atoms with Gasteiger partial charge < -0.3 is 4.57 Å². The Hall–Kier alpha value is -1.35. The molecule has 110 valence electrons. The summed E-state index contributed by atoms with van der Waals surface area (Å²) in [5, 5.41) is 0. The molecule has 0 spiro atoms. The lowest BCUT2D eigenvalue weighted by Crippen LogP contribution is -2.08. The Morgan fingerprint density at radius 1 is 1.24 bits per heavy atom. The van der Waals surface area contributed by atoms with E-state index < -0.39 is 0 Å². The molecule has 0 bridgehead atoms. The highest BCUT2D eigenvalue weighted by atomic mass is 79.9. The zero-order chi connectivity index (χ0) is 15.1. The Bertz CT molecular complexity index is 693. The largest absolute Gasteiger partial charge is 0.340 e. The van der Waals surface area contributed by atoms with Crippen molar-refractivity contribution < 1.29 is 4.79 Å². The van der Waals surface area contributed by atoms with E-state index in [0.717, 1.165) is 27.0 Å². The molecule has 1 aromatic carbocycles. The van der Waals surface area contributed by atoms with Crippen molar-refractivity contribution >= 4 is 21.7 Å². The molecule has 0 atom stereocenters. The van der Waals surface area contributed by atoms with Gasteiger partial charge in [0.1, 0.15) is 0 Å². The first-order chi connectivity index (χ1) is 9.99. The van der Waals surface area contributed by atoms with E-state index in [0.29, 0.717) is 12.3 Å². The van der Waals surface area contributed by atoms with E-state index in [1.807, 2.05) is 7.05 Å². The quantitative estimate of drug-likeness (QED) is 0.710. The molecule has 1 fully saturated rings. The van der Waals surface area contributed by atoms with E-state index in [1.165, 1.54) is 18.4 Å². The number of hydrogen-bond donors (Lipinski definition) is 0. The molecule has 0 saturated heterocycles. The van der Waals surface area contributed by atoms with E-state index in [1.54, 1.807) is 0 Å². The van der Waals surface area contributed by atoms with Crippen molar-refractivity contribution in [2.75, 3.05) is 0 Å². The smallest absolute Gasteiger partial charge is 0.180 e. The van der Waals surface area contributed by atoms with Crippen LogP contribution in [0.3, 0.4) is 0 Å².